The van der Waals surface area contributed by atoms with Gasteiger partial charge in [-0.2, -0.15) is 19.3 Å². The molecule has 6 heteroatoms. The van der Waals surface area contributed by atoms with E-state index < -0.39 is 6.08 Å². The van der Waals surface area contributed by atoms with Gasteiger partial charge in [0.15, 0.2) is 0 Å². The predicted octanol–water partition coefficient (Wildman–Crippen LogP) is 3.13. The lowest BCUT2D eigenvalue weighted by atomic mass is 10.3. The summed E-state index contributed by atoms with van der Waals surface area (Å²) in [4.78, 5) is 13.2. The van der Waals surface area contributed by atoms with Gasteiger partial charge < -0.3 is 4.90 Å². The number of halogens is 2. The molecule has 0 unspecified atom stereocenters. The van der Waals surface area contributed by atoms with Gasteiger partial charge >= 0.3 is 6.08 Å². The molecular weight excluding hydrogens is 255 g/mol. The highest BCUT2D eigenvalue weighted by atomic mass is 35.5. The fourth-order valence-corrected chi connectivity index (χ4v) is 1.74. The number of anilines is 2. The van der Waals surface area contributed by atoms with Gasteiger partial charge in [0.25, 0.3) is 0 Å². The Kier molecular flexibility index (Phi) is 3.72. The molecule has 0 aliphatic carbocycles. The quantitative estimate of drug-likeness (QED) is 0.856. The molecule has 18 heavy (non-hydrogen) atoms. The Labute approximate surface area is 109 Å². The van der Waals surface area contributed by atoms with E-state index in [-0.39, 0.29) is 0 Å². The summed E-state index contributed by atoms with van der Waals surface area (Å²) in [6.07, 6.45) is -0.773. The molecule has 2 aromatic rings. The molecule has 1 heterocycles. The van der Waals surface area contributed by atoms with E-state index in [4.69, 9.17) is 11.6 Å². The van der Waals surface area contributed by atoms with Crippen molar-refractivity contribution >= 4 is 23.2 Å². The molecule has 0 aliphatic rings. The number of hydrogen-bond acceptors (Lipinski definition) is 4. The van der Waals surface area contributed by atoms with Crippen molar-refractivity contribution in [1.29, 1.82) is 0 Å². The van der Waals surface area contributed by atoms with E-state index >= 15 is 0 Å². The first kappa shape index (κ1) is 12.7. The molecule has 4 nitrogen and oxygen atoms in total. The SMILES string of the molecule is CCN(c1ccc(Cl)cc1)c1nc(C)nc(F)n1. The Hall–Kier alpha value is -1.75. The molecule has 0 bridgehead atoms. The van der Waals surface area contributed by atoms with Crippen molar-refractivity contribution in [3.05, 3.63) is 41.2 Å². The number of benzene rings is 1. The number of hydrogen-bond donors (Lipinski definition) is 0. The molecule has 1 aromatic heterocycles. The van der Waals surface area contributed by atoms with Crippen molar-refractivity contribution in [2.45, 2.75) is 13.8 Å². The van der Waals surface area contributed by atoms with Gasteiger partial charge in [0.1, 0.15) is 5.82 Å². The molecule has 0 aliphatic heterocycles. The number of aromatic nitrogens is 3. The molecule has 0 saturated heterocycles. The standard InChI is InChI=1S/C12H12ClFN4/c1-3-18(10-6-4-9(13)5-7-10)12-16-8(2)15-11(14)17-12/h4-7H,3H2,1-2H3. The summed E-state index contributed by atoms with van der Waals surface area (Å²) in [5.74, 6) is 0.648. The monoisotopic (exact) mass is 266 g/mol. The van der Waals surface area contributed by atoms with Crippen LogP contribution in [0.3, 0.4) is 0 Å². The van der Waals surface area contributed by atoms with Crippen LogP contribution in [0.4, 0.5) is 16.0 Å². The molecule has 1 aromatic carbocycles. The van der Waals surface area contributed by atoms with Crippen molar-refractivity contribution in [2.24, 2.45) is 0 Å². The Morgan fingerprint density at radius 2 is 1.83 bits per heavy atom. The van der Waals surface area contributed by atoms with Gasteiger partial charge in [0.05, 0.1) is 0 Å². The molecule has 0 spiro atoms. The summed E-state index contributed by atoms with van der Waals surface area (Å²) < 4.78 is 13.2. The molecule has 0 N–H and O–H groups in total. The Morgan fingerprint density at radius 3 is 2.39 bits per heavy atom. The maximum absolute atomic E-state index is 13.2. The average molecular weight is 267 g/mol. The van der Waals surface area contributed by atoms with E-state index in [1.165, 1.54) is 0 Å². The number of rotatable bonds is 3. The van der Waals surface area contributed by atoms with E-state index in [1.54, 1.807) is 24.0 Å². The zero-order valence-corrected chi connectivity index (χ0v) is 10.8. The van der Waals surface area contributed by atoms with Gasteiger partial charge in [-0.05, 0) is 38.1 Å². The van der Waals surface area contributed by atoms with Crippen molar-refractivity contribution in [3.63, 3.8) is 0 Å². The second-order valence-electron chi connectivity index (χ2n) is 3.67. The van der Waals surface area contributed by atoms with Gasteiger partial charge in [0.2, 0.25) is 5.95 Å². The third-order valence-corrected chi connectivity index (χ3v) is 2.66. The van der Waals surface area contributed by atoms with E-state index in [9.17, 15) is 4.39 Å². The maximum atomic E-state index is 13.2. The summed E-state index contributed by atoms with van der Waals surface area (Å²) in [5, 5.41) is 0.646. The first-order valence-electron chi connectivity index (χ1n) is 5.51. The zero-order valence-electron chi connectivity index (χ0n) is 10.1. The van der Waals surface area contributed by atoms with Gasteiger partial charge in [0, 0.05) is 17.3 Å². The maximum Gasteiger partial charge on any atom is 0.313 e. The highest BCUT2D eigenvalue weighted by molar-refractivity contribution is 6.30. The summed E-state index contributed by atoms with van der Waals surface area (Å²) in [6.45, 7) is 4.18. The second kappa shape index (κ2) is 5.27. The van der Waals surface area contributed by atoms with Crippen LogP contribution < -0.4 is 4.90 Å². The lowest BCUT2D eigenvalue weighted by molar-refractivity contribution is 0.527. The van der Waals surface area contributed by atoms with Crippen LogP contribution in [-0.2, 0) is 0 Å². The van der Waals surface area contributed by atoms with Crippen LogP contribution in [0, 0.1) is 13.0 Å². The lowest BCUT2D eigenvalue weighted by Crippen LogP contribution is -2.20. The van der Waals surface area contributed by atoms with Crippen molar-refractivity contribution in [1.82, 2.24) is 15.0 Å². The van der Waals surface area contributed by atoms with Crippen LogP contribution in [0.15, 0.2) is 24.3 Å². The molecule has 0 atom stereocenters. The molecule has 0 amide bonds. The number of aryl methyl sites for hydroxylation is 1. The predicted molar refractivity (Wildman–Crippen MR) is 68.7 cm³/mol. The van der Waals surface area contributed by atoms with E-state index in [0.29, 0.717) is 23.3 Å². The van der Waals surface area contributed by atoms with Crippen LogP contribution in [-0.4, -0.2) is 21.5 Å². The summed E-state index contributed by atoms with van der Waals surface area (Å²) in [7, 11) is 0. The minimum atomic E-state index is -0.773. The smallest absolute Gasteiger partial charge is 0.311 e. The molecule has 0 saturated carbocycles. The Balaban J connectivity index is 2.41. The highest BCUT2D eigenvalue weighted by Crippen LogP contribution is 2.23. The van der Waals surface area contributed by atoms with Crippen molar-refractivity contribution in [2.75, 3.05) is 11.4 Å². The van der Waals surface area contributed by atoms with Crippen molar-refractivity contribution < 1.29 is 4.39 Å². The summed E-state index contributed by atoms with van der Waals surface area (Å²) in [6, 6.07) is 7.21. The fourth-order valence-electron chi connectivity index (χ4n) is 1.62. The minimum absolute atomic E-state index is 0.296. The van der Waals surface area contributed by atoms with Crippen LogP contribution in [0.2, 0.25) is 5.02 Å². The van der Waals surface area contributed by atoms with Crippen LogP contribution in [0.5, 0.6) is 0 Å². The second-order valence-corrected chi connectivity index (χ2v) is 4.11. The molecular formula is C12H12ClFN4. The fraction of sp³-hybridized carbons (Fsp3) is 0.250. The van der Waals surface area contributed by atoms with Gasteiger partial charge in [-0.15, -0.1) is 0 Å². The van der Waals surface area contributed by atoms with Gasteiger partial charge in [-0.25, -0.2) is 0 Å². The van der Waals surface area contributed by atoms with Gasteiger partial charge in [-0.1, -0.05) is 11.6 Å². The van der Waals surface area contributed by atoms with Gasteiger partial charge in [-0.3, -0.25) is 0 Å². The summed E-state index contributed by atoms with van der Waals surface area (Å²) >= 11 is 5.84. The largest absolute Gasteiger partial charge is 0.313 e. The molecule has 0 fully saturated rings. The first-order chi connectivity index (χ1) is 8.60. The molecule has 94 valence electrons. The highest BCUT2D eigenvalue weighted by Gasteiger charge is 2.12. The third-order valence-electron chi connectivity index (χ3n) is 2.40. The normalized spacial score (nSPS) is 10.4. The first-order valence-corrected chi connectivity index (χ1v) is 5.89. The summed E-state index contributed by atoms with van der Waals surface area (Å²) in [5.41, 5.74) is 0.854. The number of nitrogens with zero attached hydrogens (tertiary/aromatic N) is 4. The van der Waals surface area contributed by atoms with E-state index in [2.05, 4.69) is 15.0 Å². The molecule has 2 rings (SSSR count). The Bertz CT molecular complexity index is 524. The van der Waals surface area contributed by atoms with Crippen LogP contribution in [0.25, 0.3) is 0 Å². The van der Waals surface area contributed by atoms with Crippen LogP contribution in [0.1, 0.15) is 12.7 Å². The average Bonchev–Trinajstić information content (AvgIpc) is 2.31. The minimum Gasteiger partial charge on any atom is -0.311 e. The topological polar surface area (TPSA) is 41.9 Å². The zero-order chi connectivity index (χ0) is 13.1. The lowest BCUT2D eigenvalue weighted by Gasteiger charge is -2.20. The van der Waals surface area contributed by atoms with E-state index in [0.717, 1.165) is 5.69 Å². The molecule has 0 radical (unpaired) electrons. The van der Waals surface area contributed by atoms with Crippen molar-refractivity contribution in [3.8, 4) is 0 Å². The van der Waals surface area contributed by atoms with Crippen LogP contribution >= 0.6 is 11.6 Å². The van der Waals surface area contributed by atoms with E-state index in [1.807, 2.05) is 19.1 Å². The third kappa shape index (κ3) is 2.73. The Morgan fingerprint density at radius 1 is 1.17 bits per heavy atom.